The standard InChI is InChI=1S/C15H20N2S/c1-11(2)13-6-3-12(4-7-13)5-8-14-10-18-15(9-16)17-14/h3-4,6-7,10-11H,5,8-9,16H2,1-2H3. The third-order valence-electron chi connectivity index (χ3n) is 3.09. The average Bonchev–Trinajstić information content (AvgIpc) is 2.85. The first-order valence-corrected chi connectivity index (χ1v) is 7.29. The fourth-order valence-corrected chi connectivity index (χ4v) is 2.61. The van der Waals surface area contributed by atoms with Crippen LogP contribution in [0.4, 0.5) is 0 Å². The average molecular weight is 260 g/mol. The zero-order valence-corrected chi connectivity index (χ0v) is 11.8. The highest BCUT2D eigenvalue weighted by Crippen LogP contribution is 2.16. The predicted molar refractivity (Wildman–Crippen MR) is 77.9 cm³/mol. The van der Waals surface area contributed by atoms with Gasteiger partial charge in [-0.3, -0.25) is 0 Å². The van der Waals surface area contributed by atoms with E-state index in [1.807, 2.05) is 0 Å². The van der Waals surface area contributed by atoms with Crippen LogP contribution in [0.3, 0.4) is 0 Å². The molecule has 0 saturated carbocycles. The van der Waals surface area contributed by atoms with Gasteiger partial charge in [-0.1, -0.05) is 38.1 Å². The Morgan fingerprint density at radius 1 is 1.17 bits per heavy atom. The third-order valence-corrected chi connectivity index (χ3v) is 4.01. The molecule has 3 heteroatoms. The van der Waals surface area contributed by atoms with Crippen molar-refractivity contribution < 1.29 is 0 Å². The molecule has 2 aromatic rings. The summed E-state index contributed by atoms with van der Waals surface area (Å²) in [7, 11) is 0. The van der Waals surface area contributed by atoms with E-state index >= 15 is 0 Å². The summed E-state index contributed by atoms with van der Waals surface area (Å²) in [6.07, 6.45) is 2.05. The van der Waals surface area contributed by atoms with Crippen LogP contribution >= 0.6 is 11.3 Å². The molecule has 0 spiro atoms. The number of hydrogen-bond acceptors (Lipinski definition) is 3. The minimum Gasteiger partial charge on any atom is -0.325 e. The Kier molecular flexibility index (Phi) is 4.50. The number of aryl methyl sites for hydroxylation is 2. The van der Waals surface area contributed by atoms with E-state index in [2.05, 4.69) is 48.5 Å². The minimum absolute atomic E-state index is 0.549. The molecule has 0 aliphatic rings. The molecule has 0 amide bonds. The van der Waals surface area contributed by atoms with Crippen LogP contribution < -0.4 is 5.73 Å². The van der Waals surface area contributed by atoms with Gasteiger partial charge < -0.3 is 5.73 Å². The maximum Gasteiger partial charge on any atom is 0.106 e. The summed E-state index contributed by atoms with van der Waals surface area (Å²) in [5.41, 5.74) is 9.50. The molecule has 18 heavy (non-hydrogen) atoms. The molecular formula is C15H20N2S. The minimum atomic E-state index is 0.549. The summed E-state index contributed by atoms with van der Waals surface area (Å²) in [6.45, 7) is 4.99. The molecule has 2 N–H and O–H groups in total. The Morgan fingerprint density at radius 3 is 2.44 bits per heavy atom. The van der Waals surface area contributed by atoms with Gasteiger partial charge in [0, 0.05) is 11.9 Å². The van der Waals surface area contributed by atoms with Crippen molar-refractivity contribution in [3.63, 3.8) is 0 Å². The number of benzene rings is 1. The lowest BCUT2D eigenvalue weighted by Gasteiger charge is -2.06. The van der Waals surface area contributed by atoms with Gasteiger partial charge in [-0.15, -0.1) is 11.3 Å². The molecule has 1 heterocycles. The summed E-state index contributed by atoms with van der Waals surface area (Å²) in [5.74, 6) is 0.602. The van der Waals surface area contributed by atoms with Gasteiger partial charge >= 0.3 is 0 Å². The van der Waals surface area contributed by atoms with Gasteiger partial charge in [0.25, 0.3) is 0 Å². The van der Waals surface area contributed by atoms with E-state index in [0.29, 0.717) is 12.5 Å². The van der Waals surface area contributed by atoms with Gasteiger partial charge in [-0.25, -0.2) is 4.98 Å². The number of hydrogen-bond donors (Lipinski definition) is 1. The van der Waals surface area contributed by atoms with E-state index in [1.165, 1.54) is 11.1 Å². The lowest BCUT2D eigenvalue weighted by atomic mass is 10.00. The first-order chi connectivity index (χ1) is 8.69. The summed E-state index contributed by atoms with van der Waals surface area (Å²) in [5, 5.41) is 3.14. The van der Waals surface area contributed by atoms with Crippen LogP contribution in [0.1, 0.15) is 41.6 Å². The molecule has 0 aliphatic heterocycles. The van der Waals surface area contributed by atoms with Gasteiger partial charge in [0.2, 0.25) is 0 Å². The van der Waals surface area contributed by atoms with E-state index < -0.39 is 0 Å². The van der Waals surface area contributed by atoms with Crippen molar-refractivity contribution in [3.05, 3.63) is 51.5 Å². The molecule has 2 nitrogen and oxygen atoms in total. The monoisotopic (exact) mass is 260 g/mol. The Balaban J connectivity index is 1.93. The number of nitrogens with zero attached hydrogens (tertiary/aromatic N) is 1. The second kappa shape index (κ2) is 6.12. The summed E-state index contributed by atoms with van der Waals surface area (Å²) < 4.78 is 0. The fraction of sp³-hybridized carbons (Fsp3) is 0.400. The van der Waals surface area contributed by atoms with Crippen molar-refractivity contribution in [1.82, 2.24) is 4.98 Å². The Bertz CT molecular complexity index is 485. The first-order valence-electron chi connectivity index (χ1n) is 6.41. The molecule has 1 aromatic heterocycles. The first kappa shape index (κ1) is 13.2. The number of thiazole rings is 1. The van der Waals surface area contributed by atoms with Crippen molar-refractivity contribution in [2.24, 2.45) is 5.73 Å². The molecule has 0 unspecified atom stereocenters. The molecule has 0 radical (unpaired) electrons. The second-order valence-corrected chi connectivity index (χ2v) is 5.78. The van der Waals surface area contributed by atoms with Gasteiger partial charge in [0.1, 0.15) is 5.01 Å². The predicted octanol–water partition coefficient (Wildman–Crippen LogP) is 3.51. The van der Waals surface area contributed by atoms with Gasteiger partial charge in [-0.05, 0) is 29.9 Å². The maximum atomic E-state index is 5.56. The Labute approximate surface area is 113 Å². The summed E-state index contributed by atoms with van der Waals surface area (Å²) in [6, 6.07) is 8.91. The molecule has 96 valence electrons. The summed E-state index contributed by atoms with van der Waals surface area (Å²) >= 11 is 1.65. The van der Waals surface area contributed by atoms with E-state index in [4.69, 9.17) is 5.73 Å². The van der Waals surface area contributed by atoms with Crippen LogP contribution in [0.15, 0.2) is 29.6 Å². The van der Waals surface area contributed by atoms with Gasteiger partial charge in [-0.2, -0.15) is 0 Å². The number of nitrogens with two attached hydrogens (primary N) is 1. The largest absolute Gasteiger partial charge is 0.325 e. The van der Waals surface area contributed by atoms with E-state index in [9.17, 15) is 0 Å². The molecule has 0 saturated heterocycles. The topological polar surface area (TPSA) is 38.9 Å². The van der Waals surface area contributed by atoms with Gasteiger partial charge in [0.05, 0.1) is 5.69 Å². The van der Waals surface area contributed by atoms with Crippen LogP contribution in [-0.2, 0) is 19.4 Å². The number of aromatic nitrogens is 1. The SMILES string of the molecule is CC(C)c1ccc(CCc2csc(CN)n2)cc1. The lowest BCUT2D eigenvalue weighted by Crippen LogP contribution is -1.97. The molecule has 0 fully saturated rings. The van der Waals surface area contributed by atoms with E-state index in [1.54, 1.807) is 11.3 Å². The summed E-state index contributed by atoms with van der Waals surface area (Å²) in [4.78, 5) is 4.48. The smallest absolute Gasteiger partial charge is 0.106 e. The van der Waals surface area contributed by atoms with Crippen LogP contribution in [-0.4, -0.2) is 4.98 Å². The second-order valence-electron chi connectivity index (χ2n) is 4.83. The van der Waals surface area contributed by atoms with E-state index in [0.717, 1.165) is 23.5 Å². The highest BCUT2D eigenvalue weighted by Gasteiger charge is 2.02. The lowest BCUT2D eigenvalue weighted by molar-refractivity contribution is 0.860. The fourth-order valence-electron chi connectivity index (χ4n) is 1.90. The number of rotatable bonds is 5. The Hall–Kier alpha value is -1.19. The van der Waals surface area contributed by atoms with Crippen LogP contribution in [0.2, 0.25) is 0 Å². The van der Waals surface area contributed by atoms with Crippen molar-refractivity contribution in [1.29, 1.82) is 0 Å². The van der Waals surface area contributed by atoms with Crippen LogP contribution in [0.5, 0.6) is 0 Å². The highest BCUT2D eigenvalue weighted by atomic mass is 32.1. The highest BCUT2D eigenvalue weighted by molar-refractivity contribution is 7.09. The normalized spacial score (nSPS) is 11.1. The molecule has 0 aliphatic carbocycles. The molecular weight excluding hydrogens is 240 g/mol. The molecule has 1 aromatic carbocycles. The van der Waals surface area contributed by atoms with Crippen LogP contribution in [0.25, 0.3) is 0 Å². The third kappa shape index (κ3) is 3.40. The maximum absolute atomic E-state index is 5.56. The zero-order chi connectivity index (χ0) is 13.0. The van der Waals surface area contributed by atoms with Gasteiger partial charge in [0.15, 0.2) is 0 Å². The van der Waals surface area contributed by atoms with Crippen molar-refractivity contribution >= 4 is 11.3 Å². The van der Waals surface area contributed by atoms with Crippen molar-refractivity contribution in [2.45, 2.75) is 39.2 Å². The van der Waals surface area contributed by atoms with Crippen molar-refractivity contribution in [2.75, 3.05) is 0 Å². The van der Waals surface area contributed by atoms with Crippen LogP contribution in [0, 0.1) is 0 Å². The van der Waals surface area contributed by atoms with Crippen molar-refractivity contribution in [3.8, 4) is 0 Å². The molecule has 0 atom stereocenters. The van der Waals surface area contributed by atoms with E-state index in [-0.39, 0.29) is 0 Å². The molecule has 0 bridgehead atoms. The Morgan fingerprint density at radius 2 is 1.89 bits per heavy atom. The zero-order valence-electron chi connectivity index (χ0n) is 11.0. The quantitative estimate of drug-likeness (QED) is 0.893. The molecule has 2 rings (SSSR count).